The van der Waals surface area contributed by atoms with Gasteiger partial charge in [0.2, 0.25) is 6.79 Å². The molecule has 1 saturated heterocycles. The lowest BCUT2D eigenvalue weighted by Gasteiger charge is -2.42. The normalized spacial score (nSPS) is 22.2. The molecule has 0 spiro atoms. The monoisotopic (exact) mass is 290 g/mol. The van der Waals surface area contributed by atoms with Gasteiger partial charge in [-0.3, -0.25) is 4.90 Å². The first-order valence-corrected chi connectivity index (χ1v) is 7.99. The van der Waals surface area contributed by atoms with Gasteiger partial charge < -0.3 is 15.2 Å². The maximum atomic E-state index is 6.07. The Hall–Kier alpha value is -1.26. The second-order valence-corrected chi connectivity index (χ2v) is 6.56. The third-order valence-corrected chi connectivity index (χ3v) is 5.30. The summed E-state index contributed by atoms with van der Waals surface area (Å²) in [5.41, 5.74) is 7.81. The number of benzene rings is 1. The van der Waals surface area contributed by atoms with E-state index in [9.17, 15) is 0 Å². The predicted molar refractivity (Wildman–Crippen MR) is 83.6 cm³/mol. The van der Waals surface area contributed by atoms with Gasteiger partial charge in [-0.2, -0.15) is 0 Å². The summed E-state index contributed by atoms with van der Waals surface area (Å²) in [6, 6.07) is 6.49. The molecule has 1 aromatic carbocycles. The van der Waals surface area contributed by atoms with Crippen molar-refractivity contribution in [3.8, 4) is 11.5 Å². The molecule has 0 amide bonds. The van der Waals surface area contributed by atoms with Crippen LogP contribution >= 0.6 is 0 Å². The summed E-state index contributed by atoms with van der Waals surface area (Å²) in [5, 5.41) is 0. The van der Waals surface area contributed by atoms with Crippen molar-refractivity contribution in [1.82, 2.24) is 4.90 Å². The summed E-state index contributed by atoms with van der Waals surface area (Å²) >= 11 is 0. The Morgan fingerprint density at radius 1 is 1.24 bits per heavy atom. The van der Waals surface area contributed by atoms with Crippen LogP contribution in [-0.4, -0.2) is 31.3 Å². The molecule has 1 fully saturated rings. The second kappa shape index (κ2) is 5.85. The summed E-state index contributed by atoms with van der Waals surface area (Å²) in [6.45, 7) is 7.92. The van der Waals surface area contributed by atoms with Gasteiger partial charge >= 0.3 is 0 Å². The number of nitrogens with two attached hydrogens (primary N) is 1. The van der Waals surface area contributed by atoms with Crippen LogP contribution < -0.4 is 15.2 Å². The molecule has 0 aliphatic carbocycles. The zero-order valence-electron chi connectivity index (χ0n) is 13.1. The van der Waals surface area contributed by atoms with Crippen molar-refractivity contribution in [3.63, 3.8) is 0 Å². The first-order valence-electron chi connectivity index (χ1n) is 7.99. The van der Waals surface area contributed by atoms with Gasteiger partial charge in [-0.1, -0.05) is 26.3 Å². The van der Waals surface area contributed by atoms with Gasteiger partial charge in [0, 0.05) is 12.6 Å². The molecule has 3 rings (SSSR count). The van der Waals surface area contributed by atoms with E-state index in [0.29, 0.717) is 18.8 Å². The van der Waals surface area contributed by atoms with Crippen molar-refractivity contribution >= 4 is 0 Å². The molecular weight excluding hydrogens is 264 g/mol. The van der Waals surface area contributed by atoms with Crippen molar-refractivity contribution in [2.75, 3.05) is 26.4 Å². The van der Waals surface area contributed by atoms with Gasteiger partial charge in [0.15, 0.2) is 11.5 Å². The Balaban J connectivity index is 1.74. The van der Waals surface area contributed by atoms with Crippen LogP contribution in [0.1, 0.15) is 44.7 Å². The second-order valence-electron chi connectivity index (χ2n) is 6.56. The maximum Gasteiger partial charge on any atom is 0.231 e. The lowest BCUT2D eigenvalue weighted by Crippen LogP contribution is -2.42. The van der Waals surface area contributed by atoms with Crippen LogP contribution in [0.15, 0.2) is 18.2 Å². The summed E-state index contributed by atoms with van der Waals surface area (Å²) in [7, 11) is 0. The van der Waals surface area contributed by atoms with Crippen LogP contribution in [-0.2, 0) is 0 Å². The van der Waals surface area contributed by atoms with Crippen LogP contribution in [0.5, 0.6) is 11.5 Å². The van der Waals surface area contributed by atoms with Crippen molar-refractivity contribution < 1.29 is 9.47 Å². The highest BCUT2D eigenvalue weighted by Gasteiger charge is 2.31. The highest BCUT2D eigenvalue weighted by molar-refractivity contribution is 5.45. The number of piperidine rings is 1. The number of rotatable bonds is 4. The van der Waals surface area contributed by atoms with E-state index < -0.39 is 0 Å². The SMILES string of the molecule is CCC1(C)CCN(C(CN)c2ccc3c(c2)OCO3)CC1. The minimum atomic E-state index is 0.279. The van der Waals surface area contributed by atoms with Crippen molar-refractivity contribution in [2.45, 2.75) is 39.2 Å². The summed E-state index contributed by atoms with van der Waals surface area (Å²) in [4.78, 5) is 2.52. The molecule has 0 saturated carbocycles. The Labute approximate surface area is 127 Å². The van der Waals surface area contributed by atoms with Gasteiger partial charge in [0.05, 0.1) is 0 Å². The van der Waals surface area contributed by atoms with E-state index in [1.54, 1.807) is 0 Å². The number of nitrogens with zero attached hydrogens (tertiary/aromatic N) is 1. The molecule has 2 aliphatic heterocycles. The first kappa shape index (κ1) is 14.7. The summed E-state index contributed by atoms with van der Waals surface area (Å²) in [6.07, 6.45) is 3.77. The molecule has 0 aromatic heterocycles. The number of ether oxygens (including phenoxy) is 2. The number of fused-ring (bicyclic) bond motifs is 1. The lowest BCUT2D eigenvalue weighted by molar-refractivity contribution is 0.0828. The highest BCUT2D eigenvalue weighted by Crippen LogP contribution is 2.39. The van der Waals surface area contributed by atoms with Crippen LogP contribution in [0.4, 0.5) is 0 Å². The zero-order valence-corrected chi connectivity index (χ0v) is 13.1. The van der Waals surface area contributed by atoms with E-state index in [1.807, 2.05) is 6.07 Å². The smallest absolute Gasteiger partial charge is 0.231 e. The average Bonchev–Trinajstić information content (AvgIpc) is 2.98. The van der Waals surface area contributed by atoms with Crippen LogP contribution in [0.3, 0.4) is 0 Å². The molecule has 4 nitrogen and oxygen atoms in total. The van der Waals surface area contributed by atoms with Gasteiger partial charge in [-0.15, -0.1) is 0 Å². The molecule has 2 heterocycles. The van der Waals surface area contributed by atoms with E-state index >= 15 is 0 Å². The molecule has 0 radical (unpaired) electrons. The molecule has 21 heavy (non-hydrogen) atoms. The largest absolute Gasteiger partial charge is 0.454 e. The summed E-state index contributed by atoms with van der Waals surface area (Å²) < 4.78 is 10.9. The minimum Gasteiger partial charge on any atom is -0.454 e. The van der Waals surface area contributed by atoms with E-state index in [-0.39, 0.29) is 6.04 Å². The molecule has 1 unspecified atom stereocenters. The number of hydrogen-bond acceptors (Lipinski definition) is 4. The van der Waals surface area contributed by atoms with E-state index in [4.69, 9.17) is 15.2 Å². The number of likely N-dealkylation sites (tertiary alicyclic amines) is 1. The van der Waals surface area contributed by atoms with Gasteiger partial charge in [-0.05, 0) is 49.0 Å². The van der Waals surface area contributed by atoms with Crippen LogP contribution in [0.25, 0.3) is 0 Å². The predicted octanol–water partition coefficient (Wildman–Crippen LogP) is 2.93. The molecule has 0 bridgehead atoms. The molecule has 1 aromatic rings. The molecule has 2 aliphatic rings. The van der Waals surface area contributed by atoms with Crippen molar-refractivity contribution in [1.29, 1.82) is 0 Å². The third-order valence-electron chi connectivity index (χ3n) is 5.30. The van der Waals surface area contributed by atoms with E-state index in [0.717, 1.165) is 24.6 Å². The number of hydrogen-bond donors (Lipinski definition) is 1. The van der Waals surface area contributed by atoms with Crippen molar-refractivity contribution in [3.05, 3.63) is 23.8 Å². The minimum absolute atomic E-state index is 0.279. The fourth-order valence-corrected chi connectivity index (χ4v) is 3.35. The quantitative estimate of drug-likeness (QED) is 0.926. The molecular formula is C17H26N2O2. The standard InChI is InChI=1S/C17H26N2O2/c1-3-17(2)6-8-19(9-7-17)14(11-18)13-4-5-15-16(10-13)21-12-20-15/h4-5,10,14H,3,6-9,11-12,18H2,1-2H3. The Morgan fingerprint density at radius 3 is 2.62 bits per heavy atom. The van der Waals surface area contributed by atoms with Gasteiger partial charge in [0.25, 0.3) is 0 Å². The third kappa shape index (κ3) is 2.87. The zero-order chi connectivity index (χ0) is 14.9. The molecule has 1 atom stereocenters. The molecule has 4 heteroatoms. The first-order chi connectivity index (χ1) is 10.1. The molecule has 2 N–H and O–H groups in total. The van der Waals surface area contributed by atoms with Gasteiger partial charge in [0.1, 0.15) is 0 Å². The van der Waals surface area contributed by atoms with E-state index in [2.05, 4.69) is 30.9 Å². The van der Waals surface area contributed by atoms with E-state index in [1.165, 1.54) is 24.8 Å². The topological polar surface area (TPSA) is 47.7 Å². The fourth-order valence-electron chi connectivity index (χ4n) is 3.35. The Morgan fingerprint density at radius 2 is 1.95 bits per heavy atom. The Kier molecular flexibility index (Phi) is 4.09. The molecule has 116 valence electrons. The Bertz CT molecular complexity index is 496. The summed E-state index contributed by atoms with van der Waals surface area (Å²) in [5.74, 6) is 1.69. The average molecular weight is 290 g/mol. The van der Waals surface area contributed by atoms with Crippen LogP contribution in [0, 0.1) is 5.41 Å². The van der Waals surface area contributed by atoms with Crippen molar-refractivity contribution in [2.24, 2.45) is 11.1 Å². The fraction of sp³-hybridized carbons (Fsp3) is 0.647. The van der Waals surface area contributed by atoms with Gasteiger partial charge in [-0.25, -0.2) is 0 Å². The highest BCUT2D eigenvalue weighted by atomic mass is 16.7. The maximum absolute atomic E-state index is 6.07. The van der Waals surface area contributed by atoms with Crippen LogP contribution in [0.2, 0.25) is 0 Å². The lowest BCUT2D eigenvalue weighted by atomic mass is 9.78.